The van der Waals surface area contributed by atoms with Gasteiger partial charge in [0.25, 0.3) is 0 Å². The lowest BCUT2D eigenvalue weighted by Gasteiger charge is -2.22. The predicted octanol–water partition coefficient (Wildman–Crippen LogP) is 23.1. The first kappa shape index (κ1) is 76.6. The highest BCUT2D eigenvalue weighted by molar-refractivity contribution is 5.76. The molecule has 0 aromatic heterocycles. The van der Waals surface area contributed by atoms with Crippen LogP contribution < -0.4 is 5.32 Å². The maximum absolute atomic E-state index is 12.5. The van der Waals surface area contributed by atoms with E-state index in [0.717, 1.165) is 44.9 Å². The van der Waals surface area contributed by atoms with Gasteiger partial charge in [0.05, 0.1) is 25.4 Å². The number of amides is 1. The molecule has 0 bridgehead atoms. The molecule has 0 aromatic carbocycles. The standard InChI is InChI=1S/C72H141NO5/c1-3-5-7-9-11-13-15-17-19-20-31-34-37-40-44-48-52-56-60-64-70(75)69(68-74)73-71(76)65-61-57-53-49-45-41-38-35-32-29-27-25-23-21-22-24-26-28-30-33-36-39-43-47-51-55-59-63-67-78-72(77)66-62-58-54-50-46-42-18-16-14-12-10-8-6-4-2/h16,18,69-70,74-75H,3-15,17,19-68H2,1-2H3,(H,73,76)/b18-16-. The molecule has 0 spiro atoms. The van der Waals surface area contributed by atoms with E-state index in [9.17, 15) is 19.8 Å². The van der Waals surface area contributed by atoms with Crippen molar-refractivity contribution >= 4 is 11.9 Å². The average molecular weight is 1100 g/mol. The highest BCUT2D eigenvalue weighted by atomic mass is 16.5. The lowest BCUT2D eigenvalue weighted by molar-refractivity contribution is -0.143. The molecule has 78 heavy (non-hydrogen) atoms. The zero-order valence-electron chi connectivity index (χ0n) is 53.2. The van der Waals surface area contributed by atoms with Gasteiger partial charge in [-0.15, -0.1) is 0 Å². The third-order valence-electron chi connectivity index (χ3n) is 17.1. The van der Waals surface area contributed by atoms with E-state index >= 15 is 0 Å². The molecule has 464 valence electrons. The minimum atomic E-state index is -0.662. The molecule has 0 saturated heterocycles. The summed E-state index contributed by atoms with van der Waals surface area (Å²) in [4.78, 5) is 24.6. The number of aliphatic hydroxyl groups excluding tert-OH is 2. The average Bonchev–Trinajstić information content (AvgIpc) is 3.44. The lowest BCUT2D eigenvalue weighted by atomic mass is 10.0. The van der Waals surface area contributed by atoms with Crippen LogP contribution in [0.2, 0.25) is 0 Å². The van der Waals surface area contributed by atoms with Crippen LogP contribution in [0.4, 0.5) is 0 Å². The van der Waals surface area contributed by atoms with Crippen molar-refractivity contribution in [2.24, 2.45) is 0 Å². The van der Waals surface area contributed by atoms with E-state index in [-0.39, 0.29) is 18.5 Å². The molecular formula is C72H141NO5. The van der Waals surface area contributed by atoms with Crippen molar-refractivity contribution in [3.05, 3.63) is 12.2 Å². The number of carbonyl (C=O) groups is 2. The van der Waals surface area contributed by atoms with E-state index in [1.54, 1.807) is 0 Å². The number of aliphatic hydroxyl groups is 2. The summed E-state index contributed by atoms with van der Waals surface area (Å²) < 4.78 is 5.49. The zero-order chi connectivity index (χ0) is 56.4. The number of unbranched alkanes of at least 4 members (excludes halogenated alkanes) is 55. The molecule has 0 aliphatic carbocycles. The molecule has 0 heterocycles. The molecule has 6 heteroatoms. The second-order valence-electron chi connectivity index (χ2n) is 24.9. The Kier molecular flexibility index (Phi) is 66.9. The molecule has 2 unspecified atom stereocenters. The van der Waals surface area contributed by atoms with Crippen LogP contribution in [0.3, 0.4) is 0 Å². The summed E-state index contributed by atoms with van der Waals surface area (Å²) in [6, 6.07) is -0.539. The number of hydrogen-bond acceptors (Lipinski definition) is 5. The SMILES string of the molecule is CCCCCCC/C=C\CCCCCCCC(=O)OCCCCCCCCCCCCCCCCCCCCCCCCCCCCCCC(=O)NC(CO)C(O)CCCCCCCCCCCCCCCCCCCCC. The van der Waals surface area contributed by atoms with E-state index in [4.69, 9.17) is 4.74 Å². The third kappa shape index (κ3) is 63.8. The van der Waals surface area contributed by atoms with Crippen LogP contribution in [0, 0.1) is 0 Å². The van der Waals surface area contributed by atoms with Crippen molar-refractivity contribution in [3.63, 3.8) is 0 Å². The Hall–Kier alpha value is -1.40. The van der Waals surface area contributed by atoms with Crippen LogP contribution in [0.5, 0.6) is 0 Å². The quantitative estimate of drug-likeness (QED) is 0.0320. The van der Waals surface area contributed by atoms with Gasteiger partial charge in [-0.25, -0.2) is 0 Å². The molecule has 0 aliphatic heterocycles. The van der Waals surface area contributed by atoms with Crippen LogP contribution in [-0.2, 0) is 14.3 Å². The van der Waals surface area contributed by atoms with Crippen molar-refractivity contribution < 1.29 is 24.5 Å². The van der Waals surface area contributed by atoms with Gasteiger partial charge in [-0.3, -0.25) is 9.59 Å². The maximum Gasteiger partial charge on any atom is 0.305 e. The van der Waals surface area contributed by atoms with Crippen LogP contribution in [0.15, 0.2) is 12.2 Å². The maximum atomic E-state index is 12.5. The Bertz CT molecular complexity index is 1180. The number of ether oxygens (including phenoxy) is 1. The molecule has 6 nitrogen and oxygen atoms in total. The Labute approximate surface area is 489 Å². The highest BCUT2D eigenvalue weighted by Crippen LogP contribution is 2.19. The fraction of sp³-hybridized carbons (Fsp3) is 0.944. The Morgan fingerprint density at radius 3 is 0.910 bits per heavy atom. The highest BCUT2D eigenvalue weighted by Gasteiger charge is 2.20. The smallest absolute Gasteiger partial charge is 0.305 e. The number of allylic oxidation sites excluding steroid dienone is 2. The second kappa shape index (κ2) is 68.1. The Morgan fingerprint density at radius 1 is 0.346 bits per heavy atom. The Balaban J connectivity index is 3.34. The van der Waals surface area contributed by atoms with E-state index in [0.29, 0.717) is 25.9 Å². The van der Waals surface area contributed by atoms with Gasteiger partial charge < -0.3 is 20.3 Å². The molecule has 0 rings (SSSR count). The van der Waals surface area contributed by atoms with Gasteiger partial charge in [0.15, 0.2) is 0 Å². The summed E-state index contributed by atoms with van der Waals surface area (Å²) in [7, 11) is 0. The number of esters is 1. The summed E-state index contributed by atoms with van der Waals surface area (Å²) in [5, 5.41) is 23.4. The summed E-state index contributed by atoms with van der Waals surface area (Å²) in [5.74, 6) is -0.0159. The van der Waals surface area contributed by atoms with E-state index in [2.05, 4.69) is 31.3 Å². The topological polar surface area (TPSA) is 95.9 Å². The molecule has 2 atom stereocenters. The number of hydrogen-bond donors (Lipinski definition) is 3. The first-order valence-corrected chi connectivity index (χ1v) is 35.9. The monoisotopic (exact) mass is 1100 g/mol. The van der Waals surface area contributed by atoms with Gasteiger partial charge in [-0.2, -0.15) is 0 Å². The lowest BCUT2D eigenvalue weighted by Crippen LogP contribution is -2.45. The van der Waals surface area contributed by atoms with Crippen LogP contribution in [-0.4, -0.2) is 47.4 Å². The summed E-state index contributed by atoms with van der Waals surface area (Å²) in [5.41, 5.74) is 0. The van der Waals surface area contributed by atoms with Crippen LogP contribution in [0.25, 0.3) is 0 Å². The van der Waals surface area contributed by atoms with Crippen molar-refractivity contribution in [2.45, 2.75) is 424 Å². The third-order valence-corrected chi connectivity index (χ3v) is 17.1. The second-order valence-corrected chi connectivity index (χ2v) is 24.9. The van der Waals surface area contributed by atoms with Gasteiger partial charge >= 0.3 is 5.97 Å². The van der Waals surface area contributed by atoms with Crippen LogP contribution in [0.1, 0.15) is 412 Å². The van der Waals surface area contributed by atoms with Gasteiger partial charge in [-0.05, 0) is 51.4 Å². The molecule has 0 saturated carbocycles. The molecule has 0 aromatic rings. The largest absolute Gasteiger partial charge is 0.466 e. The van der Waals surface area contributed by atoms with Gasteiger partial charge in [-0.1, -0.05) is 360 Å². The fourth-order valence-corrected chi connectivity index (χ4v) is 11.6. The minimum Gasteiger partial charge on any atom is -0.466 e. The van der Waals surface area contributed by atoms with Gasteiger partial charge in [0, 0.05) is 12.8 Å². The van der Waals surface area contributed by atoms with E-state index in [1.807, 2.05) is 0 Å². The molecule has 3 N–H and O–H groups in total. The number of carbonyl (C=O) groups excluding carboxylic acids is 2. The van der Waals surface area contributed by atoms with Crippen molar-refractivity contribution in [3.8, 4) is 0 Å². The fourth-order valence-electron chi connectivity index (χ4n) is 11.6. The minimum absolute atomic E-state index is 0.0113. The molecular weight excluding hydrogens is 959 g/mol. The van der Waals surface area contributed by atoms with Gasteiger partial charge in [0.2, 0.25) is 5.91 Å². The van der Waals surface area contributed by atoms with Crippen LogP contribution >= 0.6 is 0 Å². The molecule has 0 fully saturated rings. The zero-order valence-corrected chi connectivity index (χ0v) is 53.2. The number of rotatable bonds is 68. The van der Waals surface area contributed by atoms with Crippen molar-refractivity contribution in [2.75, 3.05) is 13.2 Å². The molecule has 1 amide bonds. The first-order valence-electron chi connectivity index (χ1n) is 35.9. The molecule has 0 aliphatic rings. The summed E-state index contributed by atoms with van der Waals surface area (Å²) in [6.45, 7) is 4.99. The van der Waals surface area contributed by atoms with Crippen molar-refractivity contribution in [1.82, 2.24) is 5.32 Å². The summed E-state index contributed by atoms with van der Waals surface area (Å²) in [6.07, 6.45) is 84.1. The number of nitrogens with one attached hydrogen (secondary N) is 1. The normalized spacial score (nSPS) is 12.5. The van der Waals surface area contributed by atoms with Crippen molar-refractivity contribution in [1.29, 1.82) is 0 Å². The van der Waals surface area contributed by atoms with E-state index in [1.165, 1.54) is 334 Å². The van der Waals surface area contributed by atoms with Gasteiger partial charge in [0.1, 0.15) is 0 Å². The predicted molar refractivity (Wildman–Crippen MR) is 343 cm³/mol. The van der Waals surface area contributed by atoms with E-state index < -0.39 is 12.1 Å². The summed E-state index contributed by atoms with van der Waals surface area (Å²) >= 11 is 0. The Morgan fingerprint density at radius 2 is 0.603 bits per heavy atom. The molecule has 0 radical (unpaired) electrons. The first-order chi connectivity index (χ1) is 38.5.